The van der Waals surface area contributed by atoms with Crippen molar-refractivity contribution in [2.24, 2.45) is 5.73 Å². The zero-order chi connectivity index (χ0) is 14.7. The van der Waals surface area contributed by atoms with Crippen molar-refractivity contribution in [2.45, 2.75) is 6.54 Å². The molecular formula is C16H15N3OS. The maximum Gasteiger partial charge on any atom is 0.127 e. The Bertz CT molecular complexity index is 740. The summed E-state index contributed by atoms with van der Waals surface area (Å²) in [7, 11) is 1.67. The molecule has 0 unspecified atom stereocenters. The molecule has 0 fully saturated rings. The molecule has 0 spiro atoms. The van der Waals surface area contributed by atoms with E-state index >= 15 is 0 Å². The van der Waals surface area contributed by atoms with Crippen LogP contribution in [0.15, 0.2) is 48.8 Å². The first-order valence-electron chi connectivity index (χ1n) is 6.57. The molecule has 4 nitrogen and oxygen atoms in total. The number of aromatic nitrogens is 2. The Labute approximate surface area is 127 Å². The fourth-order valence-corrected chi connectivity index (χ4v) is 3.16. The minimum atomic E-state index is 0.424. The molecule has 0 aliphatic rings. The molecule has 2 heterocycles. The second-order valence-electron chi connectivity index (χ2n) is 4.43. The van der Waals surface area contributed by atoms with Gasteiger partial charge in [-0.1, -0.05) is 12.1 Å². The van der Waals surface area contributed by atoms with Crippen molar-refractivity contribution in [3.05, 3.63) is 53.8 Å². The van der Waals surface area contributed by atoms with Crippen molar-refractivity contribution < 1.29 is 4.74 Å². The molecule has 106 valence electrons. The molecular weight excluding hydrogens is 282 g/mol. The van der Waals surface area contributed by atoms with Gasteiger partial charge in [-0.2, -0.15) is 0 Å². The second-order valence-corrected chi connectivity index (χ2v) is 5.52. The highest BCUT2D eigenvalue weighted by atomic mass is 32.1. The average molecular weight is 297 g/mol. The van der Waals surface area contributed by atoms with E-state index in [1.54, 1.807) is 24.6 Å². The van der Waals surface area contributed by atoms with E-state index < -0.39 is 0 Å². The zero-order valence-electron chi connectivity index (χ0n) is 11.6. The van der Waals surface area contributed by atoms with Crippen LogP contribution in [0.1, 0.15) is 5.01 Å². The number of nitrogens with two attached hydrogens (primary N) is 1. The highest BCUT2D eigenvalue weighted by molar-refractivity contribution is 7.15. The van der Waals surface area contributed by atoms with Gasteiger partial charge in [-0.15, -0.1) is 11.3 Å². The Balaban J connectivity index is 2.20. The number of benzene rings is 1. The van der Waals surface area contributed by atoms with E-state index in [1.165, 1.54) is 0 Å². The maximum absolute atomic E-state index is 5.76. The molecule has 1 aromatic carbocycles. The molecule has 3 aromatic rings. The number of para-hydroxylation sites is 1. The highest BCUT2D eigenvalue weighted by Crippen LogP contribution is 2.40. The van der Waals surface area contributed by atoms with Crippen LogP contribution in [0.3, 0.4) is 0 Å². The van der Waals surface area contributed by atoms with Gasteiger partial charge in [-0.05, 0) is 24.3 Å². The van der Waals surface area contributed by atoms with Gasteiger partial charge in [0.2, 0.25) is 0 Å². The first-order chi connectivity index (χ1) is 10.3. The number of methoxy groups -OCH3 is 1. The smallest absolute Gasteiger partial charge is 0.127 e. The SMILES string of the molecule is COc1ccccc1-c1sc(CN)nc1-c1cccnc1. The van der Waals surface area contributed by atoms with Gasteiger partial charge in [-0.3, -0.25) is 4.98 Å². The lowest BCUT2D eigenvalue weighted by molar-refractivity contribution is 0.416. The Hall–Kier alpha value is -2.24. The molecule has 2 N–H and O–H groups in total. The van der Waals surface area contributed by atoms with Crippen molar-refractivity contribution >= 4 is 11.3 Å². The van der Waals surface area contributed by atoms with Gasteiger partial charge in [0.05, 0.1) is 17.7 Å². The first-order valence-corrected chi connectivity index (χ1v) is 7.38. The summed E-state index contributed by atoms with van der Waals surface area (Å²) in [6.45, 7) is 0.424. The number of ether oxygens (including phenoxy) is 1. The molecule has 21 heavy (non-hydrogen) atoms. The lowest BCUT2D eigenvalue weighted by atomic mass is 10.1. The van der Waals surface area contributed by atoms with Gasteiger partial charge in [0, 0.05) is 30.1 Å². The fourth-order valence-electron chi connectivity index (χ4n) is 2.16. The molecule has 0 saturated carbocycles. The summed E-state index contributed by atoms with van der Waals surface area (Å²) in [6, 6.07) is 11.8. The van der Waals surface area contributed by atoms with Crippen LogP contribution >= 0.6 is 11.3 Å². The van der Waals surface area contributed by atoms with E-state index in [-0.39, 0.29) is 0 Å². The standard InChI is InChI=1S/C16H15N3OS/c1-20-13-7-3-2-6-12(13)16-15(19-14(9-17)21-16)11-5-4-8-18-10-11/h2-8,10H,9,17H2,1H3. The van der Waals surface area contributed by atoms with Crippen molar-refractivity contribution in [3.8, 4) is 27.4 Å². The molecule has 0 bridgehead atoms. The third kappa shape index (κ3) is 2.66. The quantitative estimate of drug-likeness (QED) is 0.802. The molecule has 5 heteroatoms. The monoisotopic (exact) mass is 297 g/mol. The largest absolute Gasteiger partial charge is 0.496 e. The maximum atomic E-state index is 5.76. The van der Waals surface area contributed by atoms with E-state index in [4.69, 9.17) is 10.5 Å². The van der Waals surface area contributed by atoms with Crippen LogP contribution in [0.2, 0.25) is 0 Å². The number of rotatable bonds is 4. The van der Waals surface area contributed by atoms with Crippen molar-refractivity contribution in [2.75, 3.05) is 7.11 Å². The zero-order valence-corrected chi connectivity index (χ0v) is 12.4. The van der Waals surface area contributed by atoms with Gasteiger partial charge in [-0.25, -0.2) is 4.98 Å². The minimum Gasteiger partial charge on any atom is -0.496 e. The van der Waals surface area contributed by atoms with Crippen molar-refractivity contribution in [1.82, 2.24) is 9.97 Å². The van der Waals surface area contributed by atoms with Gasteiger partial charge < -0.3 is 10.5 Å². The number of pyridine rings is 1. The third-order valence-electron chi connectivity index (χ3n) is 3.13. The highest BCUT2D eigenvalue weighted by Gasteiger charge is 2.17. The topological polar surface area (TPSA) is 61.0 Å². The van der Waals surface area contributed by atoms with E-state index in [1.807, 2.05) is 42.6 Å². The molecule has 0 radical (unpaired) electrons. The molecule has 0 atom stereocenters. The minimum absolute atomic E-state index is 0.424. The molecule has 0 amide bonds. The van der Waals surface area contributed by atoms with E-state index in [0.717, 1.165) is 32.5 Å². The summed E-state index contributed by atoms with van der Waals surface area (Å²) in [5.74, 6) is 0.829. The predicted octanol–water partition coefficient (Wildman–Crippen LogP) is 3.34. The lowest BCUT2D eigenvalue weighted by Crippen LogP contribution is -1.94. The van der Waals surface area contributed by atoms with Crippen molar-refractivity contribution in [1.29, 1.82) is 0 Å². The Morgan fingerprint density at radius 2 is 2.05 bits per heavy atom. The van der Waals surface area contributed by atoms with E-state index in [9.17, 15) is 0 Å². The third-order valence-corrected chi connectivity index (χ3v) is 4.24. The summed E-state index contributed by atoms with van der Waals surface area (Å²) in [4.78, 5) is 9.88. The van der Waals surface area contributed by atoms with E-state index in [0.29, 0.717) is 6.54 Å². The van der Waals surface area contributed by atoms with Gasteiger partial charge in [0.15, 0.2) is 0 Å². The van der Waals surface area contributed by atoms with Crippen LogP contribution in [0.5, 0.6) is 5.75 Å². The van der Waals surface area contributed by atoms with Crippen molar-refractivity contribution in [3.63, 3.8) is 0 Å². The molecule has 0 aliphatic heterocycles. The summed E-state index contributed by atoms with van der Waals surface area (Å²) < 4.78 is 5.47. The summed E-state index contributed by atoms with van der Waals surface area (Å²) in [5.41, 5.74) is 8.67. The van der Waals surface area contributed by atoms with Crippen LogP contribution in [0.4, 0.5) is 0 Å². The second kappa shape index (κ2) is 6.03. The van der Waals surface area contributed by atoms with Gasteiger partial charge >= 0.3 is 0 Å². The fraction of sp³-hybridized carbons (Fsp3) is 0.125. The normalized spacial score (nSPS) is 10.6. The van der Waals surface area contributed by atoms with Crippen LogP contribution < -0.4 is 10.5 Å². The van der Waals surface area contributed by atoms with Crippen LogP contribution in [-0.2, 0) is 6.54 Å². The molecule has 2 aromatic heterocycles. The Morgan fingerprint density at radius 1 is 1.19 bits per heavy atom. The van der Waals surface area contributed by atoms with Crippen LogP contribution in [0, 0.1) is 0 Å². The van der Waals surface area contributed by atoms with E-state index in [2.05, 4.69) is 9.97 Å². The number of hydrogen-bond acceptors (Lipinski definition) is 5. The molecule has 3 rings (SSSR count). The predicted molar refractivity (Wildman–Crippen MR) is 85.2 cm³/mol. The summed E-state index contributed by atoms with van der Waals surface area (Å²) in [6.07, 6.45) is 3.57. The summed E-state index contributed by atoms with van der Waals surface area (Å²) >= 11 is 1.59. The van der Waals surface area contributed by atoms with Gasteiger partial charge in [0.25, 0.3) is 0 Å². The van der Waals surface area contributed by atoms with Crippen LogP contribution in [-0.4, -0.2) is 17.1 Å². The first kappa shape index (κ1) is 13.7. The molecule has 0 saturated heterocycles. The number of nitrogens with zero attached hydrogens (tertiary/aromatic N) is 2. The Kier molecular flexibility index (Phi) is 3.94. The number of thiazole rings is 1. The Morgan fingerprint density at radius 3 is 2.76 bits per heavy atom. The average Bonchev–Trinajstić information content (AvgIpc) is 3.00. The number of hydrogen-bond donors (Lipinski definition) is 1. The summed E-state index contributed by atoms with van der Waals surface area (Å²) in [5, 5.41) is 0.898. The van der Waals surface area contributed by atoms with Crippen LogP contribution in [0.25, 0.3) is 21.7 Å². The van der Waals surface area contributed by atoms with Gasteiger partial charge in [0.1, 0.15) is 10.8 Å². The lowest BCUT2D eigenvalue weighted by Gasteiger charge is -2.07. The molecule has 0 aliphatic carbocycles.